The molecule has 0 aromatic heterocycles. The van der Waals surface area contributed by atoms with E-state index in [-0.39, 0.29) is 12.5 Å². The van der Waals surface area contributed by atoms with E-state index in [1.165, 1.54) is 0 Å². The maximum atomic E-state index is 5.29. The van der Waals surface area contributed by atoms with Crippen LogP contribution >= 0.6 is 0 Å². The predicted molar refractivity (Wildman–Crippen MR) is 35.5 cm³/mol. The van der Waals surface area contributed by atoms with Gasteiger partial charge >= 0.3 is 0 Å². The standard InChI is InChI=1S/C6H12N2O2/c1-2-8-5(7-1)6-9-3-4-10-6/h5-8H,1-4H2. The maximum Gasteiger partial charge on any atom is 0.186 e. The summed E-state index contributed by atoms with van der Waals surface area (Å²) in [5, 5.41) is 6.47. The number of hydrogen-bond donors (Lipinski definition) is 2. The topological polar surface area (TPSA) is 42.5 Å². The van der Waals surface area contributed by atoms with Crippen molar-refractivity contribution in [3.05, 3.63) is 0 Å². The van der Waals surface area contributed by atoms with Crippen molar-refractivity contribution in [2.24, 2.45) is 0 Å². The second kappa shape index (κ2) is 2.84. The number of nitrogens with one attached hydrogen (secondary N) is 2. The van der Waals surface area contributed by atoms with Crippen LogP contribution in [0.1, 0.15) is 0 Å². The highest BCUT2D eigenvalue weighted by atomic mass is 16.7. The van der Waals surface area contributed by atoms with Crippen LogP contribution in [0.3, 0.4) is 0 Å². The first-order valence-corrected chi connectivity index (χ1v) is 3.67. The molecule has 0 aromatic carbocycles. The van der Waals surface area contributed by atoms with Crippen LogP contribution < -0.4 is 10.6 Å². The average molecular weight is 144 g/mol. The van der Waals surface area contributed by atoms with E-state index >= 15 is 0 Å². The molecule has 0 saturated carbocycles. The Bertz CT molecular complexity index is 94.3. The highest BCUT2D eigenvalue weighted by molar-refractivity contribution is 4.77. The Morgan fingerprint density at radius 2 is 1.60 bits per heavy atom. The van der Waals surface area contributed by atoms with Crippen molar-refractivity contribution in [3.8, 4) is 0 Å². The first kappa shape index (κ1) is 6.54. The van der Waals surface area contributed by atoms with Gasteiger partial charge in [-0.15, -0.1) is 0 Å². The van der Waals surface area contributed by atoms with Gasteiger partial charge in [0.15, 0.2) is 6.29 Å². The lowest BCUT2D eigenvalue weighted by Crippen LogP contribution is -2.43. The van der Waals surface area contributed by atoms with E-state index in [1.54, 1.807) is 0 Å². The van der Waals surface area contributed by atoms with Crippen molar-refractivity contribution in [2.75, 3.05) is 26.3 Å². The summed E-state index contributed by atoms with van der Waals surface area (Å²) in [5.74, 6) is 0. The first-order chi connectivity index (χ1) is 4.97. The highest BCUT2D eigenvalue weighted by Crippen LogP contribution is 2.07. The van der Waals surface area contributed by atoms with Crippen LogP contribution in [0, 0.1) is 0 Å². The summed E-state index contributed by atoms with van der Waals surface area (Å²) in [5.41, 5.74) is 0. The summed E-state index contributed by atoms with van der Waals surface area (Å²) in [6, 6.07) is 0. The number of hydrogen-bond acceptors (Lipinski definition) is 4. The normalized spacial score (nSPS) is 30.0. The zero-order chi connectivity index (χ0) is 6.81. The molecule has 2 saturated heterocycles. The molecular formula is C6H12N2O2. The van der Waals surface area contributed by atoms with E-state index in [1.807, 2.05) is 0 Å². The molecule has 2 aliphatic heterocycles. The summed E-state index contributed by atoms with van der Waals surface area (Å²) in [7, 11) is 0. The van der Waals surface area contributed by atoms with Gasteiger partial charge in [0, 0.05) is 13.1 Å². The molecule has 4 nitrogen and oxygen atoms in total. The summed E-state index contributed by atoms with van der Waals surface area (Å²) in [6.07, 6.45) is 0.144. The highest BCUT2D eigenvalue weighted by Gasteiger charge is 2.28. The molecule has 58 valence electrons. The quantitative estimate of drug-likeness (QED) is 0.489. The smallest absolute Gasteiger partial charge is 0.186 e. The SMILES string of the molecule is C1CNC(C2OCCO2)N1. The third-order valence-corrected chi connectivity index (χ3v) is 1.77. The van der Waals surface area contributed by atoms with E-state index < -0.39 is 0 Å². The van der Waals surface area contributed by atoms with Crippen molar-refractivity contribution in [3.63, 3.8) is 0 Å². The van der Waals surface area contributed by atoms with Crippen LogP contribution in [0.5, 0.6) is 0 Å². The van der Waals surface area contributed by atoms with Gasteiger partial charge in [0.05, 0.1) is 13.2 Å². The zero-order valence-electron chi connectivity index (χ0n) is 5.80. The lowest BCUT2D eigenvalue weighted by molar-refractivity contribution is -0.0680. The fraction of sp³-hybridized carbons (Fsp3) is 1.00. The Hall–Kier alpha value is -0.160. The van der Waals surface area contributed by atoms with E-state index in [9.17, 15) is 0 Å². The van der Waals surface area contributed by atoms with Crippen LogP contribution in [-0.2, 0) is 9.47 Å². The van der Waals surface area contributed by atoms with Gasteiger partial charge < -0.3 is 9.47 Å². The van der Waals surface area contributed by atoms with Gasteiger partial charge in [-0.05, 0) is 0 Å². The molecule has 0 radical (unpaired) electrons. The van der Waals surface area contributed by atoms with E-state index in [0.717, 1.165) is 26.3 Å². The summed E-state index contributed by atoms with van der Waals surface area (Å²) < 4.78 is 10.6. The van der Waals surface area contributed by atoms with Gasteiger partial charge in [-0.25, -0.2) is 0 Å². The Balaban J connectivity index is 1.85. The molecule has 0 amide bonds. The van der Waals surface area contributed by atoms with Gasteiger partial charge in [-0.3, -0.25) is 10.6 Å². The molecule has 0 aliphatic carbocycles. The fourth-order valence-corrected chi connectivity index (χ4v) is 1.29. The minimum atomic E-state index is -0.0671. The minimum Gasteiger partial charge on any atom is -0.347 e. The third kappa shape index (κ3) is 1.15. The molecule has 4 heteroatoms. The van der Waals surface area contributed by atoms with Crippen molar-refractivity contribution in [1.82, 2.24) is 10.6 Å². The molecule has 0 unspecified atom stereocenters. The molecule has 2 rings (SSSR count). The van der Waals surface area contributed by atoms with Crippen LogP contribution in [0.4, 0.5) is 0 Å². The van der Waals surface area contributed by atoms with Crippen LogP contribution in [0.25, 0.3) is 0 Å². The lowest BCUT2D eigenvalue weighted by atomic mass is 10.5. The minimum absolute atomic E-state index is 0.0671. The first-order valence-electron chi connectivity index (χ1n) is 3.67. The van der Waals surface area contributed by atoms with Crippen molar-refractivity contribution in [1.29, 1.82) is 0 Å². The summed E-state index contributed by atoms with van der Waals surface area (Å²) >= 11 is 0. The monoisotopic (exact) mass is 144 g/mol. The van der Waals surface area contributed by atoms with E-state index in [0.29, 0.717) is 0 Å². The van der Waals surface area contributed by atoms with Crippen molar-refractivity contribution in [2.45, 2.75) is 12.5 Å². The van der Waals surface area contributed by atoms with Gasteiger partial charge in [0.25, 0.3) is 0 Å². The van der Waals surface area contributed by atoms with Gasteiger partial charge in [0.1, 0.15) is 6.17 Å². The molecule has 2 fully saturated rings. The van der Waals surface area contributed by atoms with Gasteiger partial charge in [-0.2, -0.15) is 0 Å². The Kier molecular flexibility index (Phi) is 1.86. The van der Waals surface area contributed by atoms with Crippen molar-refractivity contribution >= 4 is 0 Å². The summed E-state index contributed by atoms with van der Waals surface area (Å²) in [4.78, 5) is 0. The molecule has 0 spiro atoms. The maximum absolute atomic E-state index is 5.29. The van der Waals surface area contributed by atoms with E-state index in [2.05, 4.69) is 10.6 Å². The summed E-state index contributed by atoms with van der Waals surface area (Å²) in [6.45, 7) is 3.47. The largest absolute Gasteiger partial charge is 0.347 e. The molecular weight excluding hydrogens is 132 g/mol. The fourth-order valence-electron chi connectivity index (χ4n) is 1.29. The van der Waals surface area contributed by atoms with Gasteiger partial charge in [0.2, 0.25) is 0 Å². The third-order valence-electron chi connectivity index (χ3n) is 1.77. The Morgan fingerprint density at radius 1 is 1.00 bits per heavy atom. The molecule has 0 atom stereocenters. The Labute approximate surface area is 59.9 Å². The molecule has 2 N–H and O–H groups in total. The molecule has 0 bridgehead atoms. The van der Waals surface area contributed by atoms with Crippen LogP contribution in [0.2, 0.25) is 0 Å². The van der Waals surface area contributed by atoms with Crippen molar-refractivity contribution < 1.29 is 9.47 Å². The van der Waals surface area contributed by atoms with E-state index in [4.69, 9.17) is 9.47 Å². The molecule has 2 heterocycles. The zero-order valence-corrected chi connectivity index (χ0v) is 5.80. The predicted octanol–water partition coefficient (Wildman–Crippen LogP) is -1.12. The van der Waals surface area contributed by atoms with Gasteiger partial charge in [-0.1, -0.05) is 0 Å². The second-order valence-corrected chi connectivity index (χ2v) is 2.50. The Morgan fingerprint density at radius 3 is 2.20 bits per heavy atom. The van der Waals surface area contributed by atoms with Crippen LogP contribution in [0.15, 0.2) is 0 Å². The number of rotatable bonds is 1. The molecule has 2 aliphatic rings. The molecule has 0 aromatic rings. The number of ether oxygens (including phenoxy) is 2. The molecule has 10 heavy (non-hydrogen) atoms. The second-order valence-electron chi connectivity index (χ2n) is 2.50. The average Bonchev–Trinajstić information content (AvgIpc) is 2.59. The lowest BCUT2D eigenvalue weighted by Gasteiger charge is -2.16. The van der Waals surface area contributed by atoms with Crippen LogP contribution in [-0.4, -0.2) is 38.8 Å².